The lowest BCUT2D eigenvalue weighted by molar-refractivity contribution is 0.122. The zero-order valence-corrected chi connectivity index (χ0v) is 9.64. The third kappa shape index (κ3) is 2.04. The average Bonchev–Trinajstić information content (AvgIpc) is 2.42. The van der Waals surface area contributed by atoms with E-state index < -0.39 is 0 Å². The first-order valence-corrected chi connectivity index (χ1v) is 5.77. The summed E-state index contributed by atoms with van der Waals surface area (Å²) in [6.45, 7) is 8.67. The smallest absolute Gasteiger partial charge is 0.205 e. The van der Waals surface area contributed by atoms with Crippen LogP contribution in [0.5, 0.6) is 0 Å². The fourth-order valence-electron chi connectivity index (χ4n) is 1.56. The van der Waals surface area contributed by atoms with E-state index in [-0.39, 0.29) is 0 Å². The van der Waals surface area contributed by atoms with Crippen molar-refractivity contribution in [2.75, 3.05) is 18.4 Å². The van der Waals surface area contributed by atoms with Crippen LogP contribution in [0.1, 0.15) is 18.9 Å². The lowest BCUT2D eigenvalue weighted by Gasteiger charge is -2.42. The van der Waals surface area contributed by atoms with Crippen LogP contribution < -0.4 is 5.32 Å². The monoisotopic (exact) mass is 212 g/mol. The third-order valence-corrected chi connectivity index (χ3v) is 3.26. The normalized spacial score (nSPS) is 18.6. The van der Waals surface area contributed by atoms with Crippen molar-refractivity contribution in [1.29, 1.82) is 0 Å². The van der Waals surface area contributed by atoms with Crippen LogP contribution in [0.4, 0.5) is 5.13 Å². The number of rotatable bonds is 3. The number of aromatic nitrogens is 2. The number of anilines is 1. The Morgan fingerprint density at radius 2 is 2.14 bits per heavy atom. The number of nitrogens with one attached hydrogen (secondary N) is 1. The average molecular weight is 212 g/mol. The van der Waals surface area contributed by atoms with Crippen molar-refractivity contribution in [3.63, 3.8) is 0 Å². The summed E-state index contributed by atoms with van der Waals surface area (Å²) in [5, 5.41) is 13.4. The largest absolute Gasteiger partial charge is 0.355 e. The van der Waals surface area contributed by atoms with Crippen molar-refractivity contribution in [3.05, 3.63) is 5.01 Å². The van der Waals surface area contributed by atoms with Crippen LogP contribution in [-0.4, -0.2) is 40.3 Å². The van der Waals surface area contributed by atoms with Crippen molar-refractivity contribution in [1.82, 2.24) is 15.1 Å². The first kappa shape index (κ1) is 9.86. The van der Waals surface area contributed by atoms with Gasteiger partial charge in [0.05, 0.1) is 6.04 Å². The molecule has 0 atom stereocenters. The van der Waals surface area contributed by atoms with Gasteiger partial charge in [0.15, 0.2) is 0 Å². The standard InChI is InChI=1S/C9H16N4S/c1-6(2)13-4-8(5-13)10-9-12-11-7(3)14-9/h6,8H,4-5H2,1-3H3,(H,10,12). The van der Waals surface area contributed by atoms with E-state index in [0.29, 0.717) is 12.1 Å². The van der Waals surface area contributed by atoms with Gasteiger partial charge in [-0.2, -0.15) is 0 Å². The van der Waals surface area contributed by atoms with Crippen LogP contribution in [0.3, 0.4) is 0 Å². The van der Waals surface area contributed by atoms with Crippen LogP contribution >= 0.6 is 11.3 Å². The molecule has 1 N–H and O–H groups in total. The number of hydrogen-bond acceptors (Lipinski definition) is 5. The maximum Gasteiger partial charge on any atom is 0.205 e. The molecule has 0 saturated carbocycles. The van der Waals surface area contributed by atoms with E-state index in [2.05, 4.69) is 34.3 Å². The third-order valence-electron chi connectivity index (χ3n) is 2.49. The Bertz CT molecular complexity index is 304. The molecule has 2 rings (SSSR count). The predicted molar refractivity (Wildman–Crippen MR) is 58.8 cm³/mol. The summed E-state index contributed by atoms with van der Waals surface area (Å²) in [6, 6.07) is 1.22. The Morgan fingerprint density at radius 1 is 1.43 bits per heavy atom. The minimum Gasteiger partial charge on any atom is -0.355 e. The minimum atomic E-state index is 0.560. The molecule has 1 aromatic rings. The Hall–Kier alpha value is -0.680. The highest BCUT2D eigenvalue weighted by molar-refractivity contribution is 7.15. The molecule has 1 aliphatic rings. The summed E-state index contributed by atoms with van der Waals surface area (Å²) in [5.41, 5.74) is 0. The van der Waals surface area contributed by atoms with Crippen molar-refractivity contribution in [3.8, 4) is 0 Å². The van der Waals surface area contributed by atoms with E-state index in [0.717, 1.165) is 23.2 Å². The summed E-state index contributed by atoms with van der Waals surface area (Å²) in [7, 11) is 0. The summed E-state index contributed by atoms with van der Waals surface area (Å²) >= 11 is 1.62. The maximum atomic E-state index is 4.05. The molecule has 0 aliphatic carbocycles. The highest BCUT2D eigenvalue weighted by atomic mass is 32.1. The second-order valence-corrected chi connectivity index (χ2v) is 5.20. The zero-order chi connectivity index (χ0) is 10.1. The molecular weight excluding hydrogens is 196 g/mol. The first-order chi connectivity index (χ1) is 6.65. The molecule has 1 saturated heterocycles. The number of aryl methyl sites for hydroxylation is 1. The van der Waals surface area contributed by atoms with E-state index in [1.54, 1.807) is 11.3 Å². The molecule has 4 nitrogen and oxygen atoms in total. The van der Waals surface area contributed by atoms with Gasteiger partial charge in [0.2, 0.25) is 5.13 Å². The molecule has 0 bridgehead atoms. The van der Waals surface area contributed by atoms with E-state index in [4.69, 9.17) is 0 Å². The van der Waals surface area contributed by atoms with Crippen molar-refractivity contribution < 1.29 is 0 Å². The van der Waals surface area contributed by atoms with Crippen LogP contribution in [0.15, 0.2) is 0 Å². The molecule has 78 valence electrons. The van der Waals surface area contributed by atoms with Gasteiger partial charge in [0.1, 0.15) is 5.01 Å². The van der Waals surface area contributed by atoms with Crippen molar-refractivity contribution in [2.45, 2.75) is 32.9 Å². The number of hydrogen-bond donors (Lipinski definition) is 1. The van der Waals surface area contributed by atoms with Crippen molar-refractivity contribution >= 4 is 16.5 Å². The van der Waals surface area contributed by atoms with E-state index >= 15 is 0 Å². The maximum absolute atomic E-state index is 4.05. The summed E-state index contributed by atoms with van der Waals surface area (Å²) < 4.78 is 0. The molecule has 14 heavy (non-hydrogen) atoms. The van der Waals surface area contributed by atoms with Gasteiger partial charge in [-0.15, -0.1) is 10.2 Å². The number of likely N-dealkylation sites (tertiary alicyclic amines) is 1. The van der Waals surface area contributed by atoms with Gasteiger partial charge in [0.25, 0.3) is 0 Å². The highest BCUT2D eigenvalue weighted by Gasteiger charge is 2.28. The molecular formula is C9H16N4S. The Labute approximate surface area is 88.3 Å². The Kier molecular flexibility index (Phi) is 2.69. The van der Waals surface area contributed by atoms with Gasteiger partial charge in [-0.1, -0.05) is 11.3 Å². The molecule has 0 aromatic carbocycles. The molecule has 2 heterocycles. The fraction of sp³-hybridized carbons (Fsp3) is 0.778. The van der Waals surface area contributed by atoms with Crippen molar-refractivity contribution in [2.24, 2.45) is 0 Å². The lowest BCUT2D eigenvalue weighted by atomic mass is 10.1. The Morgan fingerprint density at radius 3 is 2.64 bits per heavy atom. The van der Waals surface area contributed by atoms with Gasteiger partial charge < -0.3 is 5.32 Å². The molecule has 1 aromatic heterocycles. The minimum absolute atomic E-state index is 0.560. The first-order valence-electron chi connectivity index (χ1n) is 4.96. The zero-order valence-electron chi connectivity index (χ0n) is 8.82. The second-order valence-electron chi connectivity index (χ2n) is 4.02. The van der Waals surface area contributed by atoms with Gasteiger partial charge in [0, 0.05) is 19.1 Å². The van der Waals surface area contributed by atoms with E-state index in [1.807, 2.05) is 6.92 Å². The molecule has 1 aliphatic heterocycles. The molecule has 1 fully saturated rings. The quantitative estimate of drug-likeness (QED) is 0.821. The van der Waals surface area contributed by atoms with E-state index in [1.165, 1.54) is 0 Å². The van der Waals surface area contributed by atoms with Gasteiger partial charge >= 0.3 is 0 Å². The molecule has 0 amide bonds. The van der Waals surface area contributed by atoms with Gasteiger partial charge in [-0.25, -0.2) is 0 Å². The number of nitrogens with zero attached hydrogens (tertiary/aromatic N) is 3. The van der Waals surface area contributed by atoms with E-state index in [9.17, 15) is 0 Å². The van der Waals surface area contributed by atoms with Crippen LogP contribution in [0.2, 0.25) is 0 Å². The summed E-state index contributed by atoms with van der Waals surface area (Å²) in [4.78, 5) is 2.44. The molecule has 5 heteroatoms. The van der Waals surface area contributed by atoms with Crippen LogP contribution in [-0.2, 0) is 0 Å². The van der Waals surface area contributed by atoms with Gasteiger partial charge in [-0.05, 0) is 20.8 Å². The summed E-state index contributed by atoms with van der Waals surface area (Å²) in [6.07, 6.45) is 0. The molecule has 0 unspecified atom stereocenters. The fourth-order valence-corrected chi connectivity index (χ4v) is 2.22. The topological polar surface area (TPSA) is 41.1 Å². The summed E-state index contributed by atoms with van der Waals surface area (Å²) in [5.74, 6) is 0. The molecule has 0 spiro atoms. The second kappa shape index (κ2) is 3.82. The van der Waals surface area contributed by atoms with Gasteiger partial charge in [-0.3, -0.25) is 4.90 Å². The molecule has 0 radical (unpaired) electrons. The van der Waals surface area contributed by atoms with Crippen LogP contribution in [0.25, 0.3) is 0 Å². The van der Waals surface area contributed by atoms with Crippen LogP contribution in [0, 0.1) is 6.92 Å². The highest BCUT2D eigenvalue weighted by Crippen LogP contribution is 2.19. The predicted octanol–water partition coefficient (Wildman–Crippen LogP) is 1.35. The SMILES string of the molecule is Cc1nnc(NC2CN(C(C)C)C2)s1. The Balaban J connectivity index is 1.79. The lowest BCUT2D eigenvalue weighted by Crippen LogP contribution is -2.57.